The number of carbonyl (C=O) groups excluding carboxylic acids is 1. The molecule has 124 valence electrons. The third-order valence-corrected chi connectivity index (χ3v) is 5.74. The highest BCUT2D eigenvalue weighted by Crippen LogP contribution is 2.26. The largest absolute Gasteiger partial charge is 0.360 e. The lowest BCUT2D eigenvalue weighted by atomic mass is 10.1. The van der Waals surface area contributed by atoms with Crippen molar-refractivity contribution in [3.63, 3.8) is 0 Å². The first-order valence-corrected chi connectivity index (χ1v) is 10.1. The maximum absolute atomic E-state index is 12.3. The van der Waals surface area contributed by atoms with Crippen molar-refractivity contribution in [2.45, 2.75) is 56.2 Å². The minimum Gasteiger partial charge on any atom is -0.360 e. The van der Waals surface area contributed by atoms with Gasteiger partial charge in [0.2, 0.25) is 11.0 Å². The highest BCUT2D eigenvalue weighted by atomic mass is 32.2. The second kappa shape index (κ2) is 10.0. The number of unbranched alkanes of at least 4 members (excludes halogenated alkanes) is 1. The van der Waals surface area contributed by atoms with E-state index in [1.54, 1.807) is 0 Å². The van der Waals surface area contributed by atoms with Crippen molar-refractivity contribution in [3.05, 3.63) is 0 Å². The quantitative estimate of drug-likeness (QED) is 0.605. The zero-order valence-corrected chi connectivity index (χ0v) is 15.0. The predicted octanol–water partition coefficient (Wildman–Crippen LogP) is 3.63. The number of carbonyl (C=O) groups is 1. The van der Waals surface area contributed by atoms with Crippen LogP contribution in [0.1, 0.15) is 51.9 Å². The van der Waals surface area contributed by atoms with E-state index in [1.165, 1.54) is 42.4 Å². The first-order chi connectivity index (χ1) is 10.8. The molecule has 0 spiro atoms. The Labute approximate surface area is 141 Å². The summed E-state index contributed by atoms with van der Waals surface area (Å²) in [5, 5.41) is 12.4. The molecule has 1 saturated heterocycles. The van der Waals surface area contributed by atoms with Crippen molar-refractivity contribution in [2.75, 3.05) is 30.7 Å². The molecule has 1 aliphatic rings. The summed E-state index contributed by atoms with van der Waals surface area (Å²) in [5.41, 5.74) is 0. The van der Waals surface area contributed by atoms with Gasteiger partial charge in [-0.3, -0.25) is 4.79 Å². The molecule has 0 aliphatic carbocycles. The molecule has 1 aromatic rings. The van der Waals surface area contributed by atoms with E-state index < -0.39 is 0 Å². The molecular formula is C15H26N4OS2. The molecule has 7 heteroatoms. The van der Waals surface area contributed by atoms with Gasteiger partial charge in [0.25, 0.3) is 0 Å². The zero-order valence-electron chi connectivity index (χ0n) is 13.3. The first kappa shape index (κ1) is 17.5. The van der Waals surface area contributed by atoms with Crippen LogP contribution in [0, 0.1) is 0 Å². The minimum absolute atomic E-state index is 0.239. The fourth-order valence-corrected chi connectivity index (χ4v) is 4.10. The van der Waals surface area contributed by atoms with E-state index in [-0.39, 0.29) is 5.91 Å². The van der Waals surface area contributed by atoms with Gasteiger partial charge in [-0.1, -0.05) is 55.7 Å². The fourth-order valence-electron chi connectivity index (χ4n) is 2.42. The van der Waals surface area contributed by atoms with Gasteiger partial charge in [0.15, 0.2) is 4.34 Å². The van der Waals surface area contributed by atoms with Gasteiger partial charge in [-0.15, -0.1) is 10.2 Å². The normalized spacial score (nSPS) is 16.1. The van der Waals surface area contributed by atoms with E-state index >= 15 is 0 Å². The SMILES string of the molecule is CCCCNc1nnc(SCC(=O)N2CCCCCCC2)s1. The summed E-state index contributed by atoms with van der Waals surface area (Å²) >= 11 is 3.05. The molecule has 0 atom stereocenters. The molecular weight excluding hydrogens is 316 g/mol. The topological polar surface area (TPSA) is 58.1 Å². The van der Waals surface area contributed by atoms with Crippen LogP contribution in [0.5, 0.6) is 0 Å². The summed E-state index contributed by atoms with van der Waals surface area (Å²) < 4.78 is 0.874. The van der Waals surface area contributed by atoms with Gasteiger partial charge in [0.1, 0.15) is 0 Å². The molecule has 1 amide bonds. The van der Waals surface area contributed by atoms with Crippen LogP contribution in [0.3, 0.4) is 0 Å². The van der Waals surface area contributed by atoms with Crippen molar-refractivity contribution >= 4 is 34.1 Å². The number of nitrogens with one attached hydrogen (secondary N) is 1. The molecule has 1 aliphatic heterocycles. The molecule has 0 radical (unpaired) electrons. The predicted molar refractivity (Wildman–Crippen MR) is 93.7 cm³/mol. The number of anilines is 1. The van der Waals surface area contributed by atoms with E-state index in [0.717, 1.165) is 54.8 Å². The number of amides is 1. The Bertz CT molecular complexity index is 445. The van der Waals surface area contributed by atoms with E-state index in [4.69, 9.17) is 0 Å². The first-order valence-electron chi connectivity index (χ1n) is 8.27. The van der Waals surface area contributed by atoms with Gasteiger partial charge in [0, 0.05) is 19.6 Å². The maximum atomic E-state index is 12.3. The number of aromatic nitrogens is 2. The molecule has 0 aromatic carbocycles. The molecule has 1 fully saturated rings. The zero-order chi connectivity index (χ0) is 15.6. The monoisotopic (exact) mass is 342 g/mol. The third kappa shape index (κ3) is 6.12. The molecule has 0 saturated carbocycles. The molecule has 2 rings (SSSR count). The maximum Gasteiger partial charge on any atom is 0.233 e. The Kier molecular flexibility index (Phi) is 8.01. The lowest BCUT2D eigenvalue weighted by molar-refractivity contribution is -0.128. The molecule has 0 unspecified atom stereocenters. The Morgan fingerprint density at radius 2 is 1.95 bits per heavy atom. The highest BCUT2D eigenvalue weighted by molar-refractivity contribution is 8.01. The standard InChI is InChI=1S/C15H26N4OS2/c1-2-3-9-16-14-17-18-15(22-14)21-12-13(20)19-10-7-5-4-6-8-11-19/h2-12H2,1H3,(H,16,17). The molecule has 5 nitrogen and oxygen atoms in total. The summed E-state index contributed by atoms with van der Waals surface area (Å²) in [6.45, 7) is 4.93. The Hall–Kier alpha value is -0.820. The number of nitrogens with zero attached hydrogens (tertiary/aromatic N) is 3. The van der Waals surface area contributed by atoms with Crippen LogP contribution in [0.4, 0.5) is 5.13 Å². The summed E-state index contributed by atoms with van der Waals surface area (Å²) in [6.07, 6.45) is 8.39. The molecule has 1 N–H and O–H groups in total. The second-order valence-corrected chi connectivity index (χ2v) is 7.79. The number of thioether (sulfide) groups is 1. The van der Waals surface area contributed by atoms with Crippen LogP contribution in [-0.2, 0) is 4.79 Å². The van der Waals surface area contributed by atoms with Gasteiger partial charge >= 0.3 is 0 Å². The summed E-state index contributed by atoms with van der Waals surface area (Å²) in [7, 11) is 0. The lowest BCUT2D eigenvalue weighted by Crippen LogP contribution is -2.35. The number of hydrogen-bond donors (Lipinski definition) is 1. The average molecular weight is 343 g/mol. The molecule has 1 aromatic heterocycles. The van der Waals surface area contributed by atoms with Gasteiger partial charge in [-0.2, -0.15) is 0 Å². The average Bonchev–Trinajstić information content (AvgIpc) is 2.93. The van der Waals surface area contributed by atoms with Crippen molar-refractivity contribution in [1.82, 2.24) is 15.1 Å². The van der Waals surface area contributed by atoms with E-state index in [9.17, 15) is 4.79 Å². The fraction of sp³-hybridized carbons (Fsp3) is 0.800. The molecule has 22 heavy (non-hydrogen) atoms. The lowest BCUT2D eigenvalue weighted by Gasteiger charge is -2.24. The van der Waals surface area contributed by atoms with Crippen molar-refractivity contribution in [3.8, 4) is 0 Å². The number of likely N-dealkylation sites (tertiary alicyclic amines) is 1. The number of rotatable bonds is 7. The van der Waals surface area contributed by atoms with Crippen LogP contribution in [0.15, 0.2) is 4.34 Å². The van der Waals surface area contributed by atoms with Crippen LogP contribution in [-0.4, -0.2) is 46.4 Å². The van der Waals surface area contributed by atoms with Crippen LogP contribution < -0.4 is 5.32 Å². The smallest absolute Gasteiger partial charge is 0.233 e. The highest BCUT2D eigenvalue weighted by Gasteiger charge is 2.16. The van der Waals surface area contributed by atoms with E-state index in [1.807, 2.05) is 4.90 Å². The minimum atomic E-state index is 0.239. The van der Waals surface area contributed by atoms with E-state index in [2.05, 4.69) is 22.4 Å². The van der Waals surface area contributed by atoms with Crippen LogP contribution in [0.25, 0.3) is 0 Å². The van der Waals surface area contributed by atoms with Crippen molar-refractivity contribution < 1.29 is 4.79 Å². The Morgan fingerprint density at radius 1 is 1.23 bits per heavy atom. The van der Waals surface area contributed by atoms with Gasteiger partial charge in [-0.05, 0) is 19.3 Å². The van der Waals surface area contributed by atoms with E-state index in [0.29, 0.717) is 5.75 Å². The molecule has 2 heterocycles. The third-order valence-electron chi connectivity index (χ3n) is 3.74. The second-order valence-electron chi connectivity index (χ2n) is 5.59. The molecule has 0 bridgehead atoms. The van der Waals surface area contributed by atoms with Gasteiger partial charge < -0.3 is 10.2 Å². The Morgan fingerprint density at radius 3 is 2.68 bits per heavy atom. The van der Waals surface area contributed by atoms with Gasteiger partial charge in [0.05, 0.1) is 5.75 Å². The summed E-state index contributed by atoms with van der Waals surface area (Å²) in [6, 6.07) is 0. The summed E-state index contributed by atoms with van der Waals surface area (Å²) in [4.78, 5) is 14.3. The number of hydrogen-bond acceptors (Lipinski definition) is 6. The summed E-state index contributed by atoms with van der Waals surface area (Å²) in [5.74, 6) is 0.714. The van der Waals surface area contributed by atoms with Crippen molar-refractivity contribution in [2.24, 2.45) is 0 Å². The van der Waals surface area contributed by atoms with Crippen LogP contribution >= 0.6 is 23.1 Å². The van der Waals surface area contributed by atoms with Crippen molar-refractivity contribution in [1.29, 1.82) is 0 Å². The van der Waals surface area contributed by atoms with Gasteiger partial charge in [-0.25, -0.2) is 0 Å². The van der Waals surface area contributed by atoms with Crippen LogP contribution in [0.2, 0.25) is 0 Å². The Balaban J connectivity index is 1.73.